The van der Waals surface area contributed by atoms with Gasteiger partial charge in [-0.3, -0.25) is 4.79 Å². The molecule has 1 unspecified atom stereocenters. The lowest BCUT2D eigenvalue weighted by molar-refractivity contribution is -0.117. The maximum atomic E-state index is 12.1. The number of rotatable bonds is 2. The molecule has 1 aromatic carbocycles. The average Bonchev–Trinajstić information content (AvgIpc) is 2.59. The Morgan fingerprint density at radius 1 is 1.39 bits per heavy atom. The Morgan fingerprint density at radius 3 is 2.44 bits per heavy atom. The van der Waals surface area contributed by atoms with Crippen LogP contribution in [0.15, 0.2) is 24.3 Å². The van der Waals surface area contributed by atoms with Gasteiger partial charge in [-0.2, -0.15) is 5.26 Å². The Kier molecular flexibility index (Phi) is 3.13. The first-order chi connectivity index (χ1) is 8.50. The number of hydrogen-bond acceptors (Lipinski definition) is 2. The first-order valence-corrected chi connectivity index (χ1v) is 6.32. The summed E-state index contributed by atoms with van der Waals surface area (Å²) in [4.78, 5) is 13.9. The highest BCUT2D eigenvalue weighted by atomic mass is 16.2. The SMILES string of the molecule is CCc1ccc(N2C(=O)CC(C#N)C2(C)C)cc1. The number of amides is 1. The molecule has 1 aliphatic rings. The molecule has 0 aliphatic carbocycles. The fraction of sp³-hybridized carbons (Fsp3) is 0.467. The molecule has 18 heavy (non-hydrogen) atoms. The second-order valence-electron chi connectivity index (χ2n) is 5.29. The number of nitrogens with zero attached hydrogens (tertiary/aromatic N) is 2. The first kappa shape index (κ1) is 12.6. The van der Waals surface area contributed by atoms with Crippen LogP contribution in [0.1, 0.15) is 32.8 Å². The van der Waals surface area contributed by atoms with Crippen molar-refractivity contribution < 1.29 is 4.79 Å². The third-order valence-electron chi connectivity index (χ3n) is 3.82. The van der Waals surface area contributed by atoms with Crippen LogP contribution in [0.25, 0.3) is 0 Å². The molecular weight excluding hydrogens is 224 g/mol. The predicted octanol–water partition coefficient (Wildman–Crippen LogP) is 2.90. The van der Waals surface area contributed by atoms with Gasteiger partial charge in [-0.1, -0.05) is 19.1 Å². The second kappa shape index (κ2) is 4.45. The zero-order valence-corrected chi connectivity index (χ0v) is 11.1. The monoisotopic (exact) mass is 242 g/mol. The predicted molar refractivity (Wildman–Crippen MR) is 71.1 cm³/mol. The van der Waals surface area contributed by atoms with E-state index in [1.807, 2.05) is 38.1 Å². The molecule has 1 heterocycles. The van der Waals surface area contributed by atoms with E-state index in [0.29, 0.717) is 6.42 Å². The lowest BCUT2D eigenvalue weighted by Gasteiger charge is -2.33. The van der Waals surface area contributed by atoms with Crippen LogP contribution < -0.4 is 4.90 Å². The van der Waals surface area contributed by atoms with E-state index in [2.05, 4.69) is 13.0 Å². The minimum Gasteiger partial charge on any atom is -0.306 e. The highest BCUT2D eigenvalue weighted by Gasteiger charge is 2.47. The van der Waals surface area contributed by atoms with Gasteiger partial charge in [0.1, 0.15) is 0 Å². The van der Waals surface area contributed by atoms with Crippen LogP contribution in [0, 0.1) is 17.2 Å². The Bertz CT molecular complexity index is 496. The summed E-state index contributed by atoms with van der Waals surface area (Å²) in [6.45, 7) is 6.02. The van der Waals surface area contributed by atoms with E-state index in [9.17, 15) is 4.79 Å². The Labute approximate surface area is 108 Å². The summed E-state index contributed by atoms with van der Waals surface area (Å²) < 4.78 is 0. The number of nitriles is 1. The minimum atomic E-state index is -0.431. The third-order valence-corrected chi connectivity index (χ3v) is 3.82. The lowest BCUT2D eigenvalue weighted by atomic mass is 9.89. The Balaban J connectivity index is 2.37. The highest BCUT2D eigenvalue weighted by Crippen LogP contribution is 2.38. The topological polar surface area (TPSA) is 44.1 Å². The second-order valence-corrected chi connectivity index (χ2v) is 5.29. The highest BCUT2D eigenvalue weighted by molar-refractivity contribution is 5.98. The van der Waals surface area contributed by atoms with Crippen molar-refractivity contribution in [1.29, 1.82) is 5.26 Å². The van der Waals surface area contributed by atoms with E-state index >= 15 is 0 Å². The zero-order chi connectivity index (χ0) is 13.3. The van der Waals surface area contributed by atoms with E-state index in [1.54, 1.807) is 4.90 Å². The van der Waals surface area contributed by atoms with Crippen molar-refractivity contribution in [2.24, 2.45) is 5.92 Å². The van der Waals surface area contributed by atoms with Gasteiger partial charge in [0, 0.05) is 12.1 Å². The van der Waals surface area contributed by atoms with Crippen molar-refractivity contribution >= 4 is 11.6 Å². The van der Waals surface area contributed by atoms with Crippen LogP contribution in [-0.4, -0.2) is 11.4 Å². The maximum Gasteiger partial charge on any atom is 0.228 e. The third kappa shape index (κ3) is 1.88. The van der Waals surface area contributed by atoms with Crippen LogP contribution in [0.2, 0.25) is 0 Å². The van der Waals surface area contributed by atoms with Gasteiger partial charge in [0.05, 0.1) is 17.5 Å². The van der Waals surface area contributed by atoms with Gasteiger partial charge in [-0.25, -0.2) is 0 Å². The number of benzene rings is 1. The molecule has 0 saturated carbocycles. The van der Waals surface area contributed by atoms with Crippen LogP contribution in [-0.2, 0) is 11.2 Å². The van der Waals surface area contributed by atoms with E-state index < -0.39 is 5.54 Å². The molecule has 0 aromatic heterocycles. The first-order valence-electron chi connectivity index (χ1n) is 6.32. The van der Waals surface area contributed by atoms with Crippen molar-refractivity contribution in [2.75, 3.05) is 4.90 Å². The number of hydrogen-bond donors (Lipinski definition) is 0. The van der Waals surface area contributed by atoms with Crippen molar-refractivity contribution in [2.45, 2.75) is 39.2 Å². The van der Waals surface area contributed by atoms with Gasteiger partial charge >= 0.3 is 0 Å². The molecule has 1 saturated heterocycles. The summed E-state index contributed by atoms with van der Waals surface area (Å²) >= 11 is 0. The van der Waals surface area contributed by atoms with Crippen molar-refractivity contribution in [3.63, 3.8) is 0 Å². The van der Waals surface area contributed by atoms with Crippen LogP contribution in [0.4, 0.5) is 5.69 Å². The van der Waals surface area contributed by atoms with Crippen LogP contribution in [0.5, 0.6) is 0 Å². The van der Waals surface area contributed by atoms with Gasteiger partial charge in [-0.05, 0) is 38.0 Å². The summed E-state index contributed by atoms with van der Waals surface area (Å²) in [6.07, 6.45) is 1.30. The Morgan fingerprint density at radius 2 is 2.00 bits per heavy atom. The molecule has 1 fully saturated rings. The molecule has 94 valence electrons. The fourth-order valence-electron chi connectivity index (χ4n) is 2.55. The number of carbonyl (C=O) groups excluding carboxylic acids is 1. The normalized spacial score (nSPS) is 22.0. The van der Waals surface area contributed by atoms with Crippen molar-refractivity contribution in [3.8, 4) is 6.07 Å². The van der Waals surface area contributed by atoms with E-state index in [4.69, 9.17) is 5.26 Å². The number of carbonyl (C=O) groups is 1. The van der Waals surface area contributed by atoms with Crippen LogP contribution in [0.3, 0.4) is 0 Å². The summed E-state index contributed by atoms with van der Waals surface area (Å²) in [5.74, 6) is -0.202. The lowest BCUT2D eigenvalue weighted by Crippen LogP contribution is -2.44. The molecule has 0 bridgehead atoms. The van der Waals surface area contributed by atoms with Gasteiger partial charge in [0.2, 0.25) is 5.91 Å². The largest absolute Gasteiger partial charge is 0.306 e. The molecule has 3 nitrogen and oxygen atoms in total. The van der Waals surface area contributed by atoms with Crippen LogP contribution >= 0.6 is 0 Å². The summed E-state index contributed by atoms with van der Waals surface area (Å²) in [5.41, 5.74) is 1.71. The molecule has 3 heteroatoms. The zero-order valence-electron chi connectivity index (χ0n) is 11.1. The van der Waals surface area contributed by atoms with Crippen molar-refractivity contribution in [3.05, 3.63) is 29.8 Å². The minimum absolute atomic E-state index is 0.0378. The molecule has 1 aromatic rings. The quantitative estimate of drug-likeness (QED) is 0.800. The molecule has 0 N–H and O–H groups in total. The van der Waals surface area contributed by atoms with Crippen molar-refractivity contribution in [1.82, 2.24) is 0 Å². The van der Waals surface area contributed by atoms with Gasteiger partial charge < -0.3 is 4.90 Å². The number of anilines is 1. The van der Waals surface area contributed by atoms with Gasteiger partial charge in [0.15, 0.2) is 0 Å². The molecule has 0 spiro atoms. The average molecular weight is 242 g/mol. The summed E-state index contributed by atoms with van der Waals surface area (Å²) in [7, 11) is 0. The van der Waals surface area contributed by atoms with Gasteiger partial charge in [-0.15, -0.1) is 0 Å². The summed E-state index contributed by atoms with van der Waals surface area (Å²) in [6, 6.07) is 10.3. The molecule has 1 aliphatic heterocycles. The standard InChI is InChI=1S/C15H18N2O/c1-4-11-5-7-13(8-6-11)17-14(18)9-12(10-16)15(17,2)3/h5-8,12H,4,9H2,1-3H3. The van der Waals surface area contributed by atoms with E-state index in [-0.39, 0.29) is 11.8 Å². The molecular formula is C15H18N2O. The van der Waals surface area contributed by atoms with E-state index in [0.717, 1.165) is 12.1 Å². The summed E-state index contributed by atoms with van der Waals surface area (Å²) in [5, 5.41) is 9.14. The molecule has 0 radical (unpaired) electrons. The van der Waals surface area contributed by atoms with Gasteiger partial charge in [0.25, 0.3) is 0 Å². The smallest absolute Gasteiger partial charge is 0.228 e. The molecule has 2 rings (SSSR count). The fourth-order valence-corrected chi connectivity index (χ4v) is 2.55. The molecule has 1 amide bonds. The molecule has 1 atom stereocenters. The Hall–Kier alpha value is -1.82. The maximum absolute atomic E-state index is 12.1. The number of aryl methyl sites for hydroxylation is 1. The van der Waals surface area contributed by atoms with E-state index in [1.165, 1.54) is 5.56 Å².